The van der Waals surface area contributed by atoms with Gasteiger partial charge in [-0.1, -0.05) is 0 Å². The lowest BCUT2D eigenvalue weighted by molar-refractivity contribution is -0.130. The van der Waals surface area contributed by atoms with Crippen LogP contribution in [0.2, 0.25) is 0 Å². The summed E-state index contributed by atoms with van der Waals surface area (Å²) in [7, 11) is 0. The molecule has 0 bridgehead atoms. The molecule has 0 aliphatic carbocycles. The number of hydrogen-bond donors (Lipinski definition) is 3. The zero-order chi connectivity index (χ0) is 24.1. The summed E-state index contributed by atoms with van der Waals surface area (Å²) in [6, 6.07) is 5.27. The van der Waals surface area contributed by atoms with Crippen molar-refractivity contribution in [2.75, 3.05) is 31.6 Å². The van der Waals surface area contributed by atoms with Gasteiger partial charge in [0.05, 0.1) is 24.7 Å². The first-order valence-corrected chi connectivity index (χ1v) is 11.5. The fourth-order valence-corrected chi connectivity index (χ4v) is 4.24. The second-order valence-electron chi connectivity index (χ2n) is 8.86. The van der Waals surface area contributed by atoms with Gasteiger partial charge < -0.3 is 20.3 Å². The van der Waals surface area contributed by atoms with Gasteiger partial charge in [0, 0.05) is 50.5 Å². The number of nitrogens with one attached hydrogen (secondary N) is 3. The number of aromatic nitrogens is 2. The van der Waals surface area contributed by atoms with Crippen molar-refractivity contribution in [1.82, 2.24) is 25.5 Å². The Morgan fingerprint density at radius 2 is 2.15 bits per heavy atom. The zero-order valence-corrected chi connectivity index (χ0v) is 19.5. The van der Waals surface area contributed by atoms with Gasteiger partial charge in [0.15, 0.2) is 5.82 Å². The number of carbonyl (C=O) groups is 3. The van der Waals surface area contributed by atoms with Crippen molar-refractivity contribution in [1.29, 1.82) is 0 Å². The number of nitrogens with zero attached hydrogens (tertiary/aromatic N) is 3. The van der Waals surface area contributed by atoms with Crippen LogP contribution in [-0.4, -0.2) is 65.0 Å². The highest BCUT2D eigenvalue weighted by molar-refractivity contribution is 5.88. The number of urea groups is 1. The van der Waals surface area contributed by atoms with Crippen molar-refractivity contribution in [3.63, 3.8) is 0 Å². The van der Waals surface area contributed by atoms with E-state index in [0.717, 1.165) is 36.3 Å². The van der Waals surface area contributed by atoms with Crippen molar-refractivity contribution < 1.29 is 19.1 Å². The molecule has 0 spiro atoms. The smallest absolute Gasteiger partial charge is 0.320 e. The predicted molar refractivity (Wildman–Crippen MR) is 126 cm³/mol. The van der Waals surface area contributed by atoms with Crippen LogP contribution in [-0.2, 0) is 9.59 Å². The number of piperidine rings is 1. The lowest BCUT2D eigenvalue weighted by atomic mass is 10.1. The molecule has 2 fully saturated rings. The van der Waals surface area contributed by atoms with Crippen molar-refractivity contribution in [2.24, 2.45) is 5.92 Å². The van der Waals surface area contributed by atoms with Gasteiger partial charge in [-0.2, -0.15) is 0 Å². The number of carbonyl (C=O) groups excluding carboxylic acids is 3. The third kappa shape index (κ3) is 6.00. The summed E-state index contributed by atoms with van der Waals surface area (Å²) in [5.41, 5.74) is 2.42. The van der Waals surface area contributed by atoms with Crippen LogP contribution < -0.4 is 20.7 Å². The summed E-state index contributed by atoms with van der Waals surface area (Å²) in [6.07, 6.45) is 5.31. The molecule has 2 atom stereocenters. The van der Waals surface area contributed by atoms with Crippen molar-refractivity contribution in [3.8, 4) is 17.0 Å². The minimum absolute atomic E-state index is 0.0165. The summed E-state index contributed by atoms with van der Waals surface area (Å²) in [4.78, 5) is 45.9. The van der Waals surface area contributed by atoms with Crippen LogP contribution >= 0.6 is 0 Å². The summed E-state index contributed by atoms with van der Waals surface area (Å²) >= 11 is 0. The lowest BCUT2D eigenvalue weighted by Gasteiger charge is -2.32. The van der Waals surface area contributed by atoms with E-state index < -0.39 is 0 Å². The SMILES string of the molecule is CC(=O)N1CCC[C@H](NC(=O)Nc2cncc(-c3ccc(OCC4CNC(=O)C4)c(C)c3)n2)C1. The third-order valence-corrected chi connectivity index (χ3v) is 6.09. The van der Waals surface area contributed by atoms with Crippen molar-refractivity contribution in [3.05, 3.63) is 36.2 Å². The molecule has 2 aliphatic rings. The number of benzene rings is 1. The Labute approximate surface area is 198 Å². The predicted octanol–water partition coefficient (Wildman–Crippen LogP) is 2.10. The van der Waals surface area contributed by atoms with Crippen LogP contribution in [0.4, 0.5) is 10.6 Å². The van der Waals surface area contributed by atoms with Crippen molar-refractivity contribution >= 4 is 23.7 Å². The highest BCUT2D eigenvalue weighted by atomic mass is 16.5. The minimum Gasteiger partial charge on any atom is -0.493 e. The summed E-state index contributed by atoms with van der Waals surface area (Å²) in [6.45, 7) is 5.86. The second kappa shape index (κ2) is 10.5. The van der Waals surface area contributed by atoms with Crippen LogP contribution in [0.5, 0.6) is 5.75 Å². The molecule has 4 rings (SSSR count). The highest BCUT2D eigenvalue weighted by Crippen LogP contribution is 2.26. The molecule has 0 saturated carbocycles. The third-order valence-electron chi connectivity index (χ3n) is 6.09. The Morgan fingerprint density at radius 3 is 2.88 bits per heavy atom. The normalized spacial score (nSPS) is 19.9. The summed E-state index contributed by atoms with van der Waals surface area (Å²) < 4.78 is 5.91. The van der Waals surface area contributed by atoms with E-state index in [0.29, 0.717) is 37.6 Å². The molecule has 10 nitrogen and oxygen atoms in total. The maximum atomic E-state index is 12.5. The number of aryl methyl sites for hydroxylation is 1. The van der Waals surface area contributed by atoms with E-state index in [1.165, 1.54) is 6.20 Å². The van der Waals surface area contributed by atoms with Gasteiger partial charge in [0.2, 0.25) is 11.8 Å². The molecular formula is C24H30N6O4. The van der Waals surface area contributed by atoms with E-state index in [4.69, 9.17) is 4.74 Å². The Balaban J connectivity index is 1.35. The van der Waals surface area contributed by atoms with Crippen LogP contribution in [0.15, 0.2) is 30.6 Å². The van der Waals surface area contributed by atoms with Gasteiger partial charge in [-0.3, -0.25) is 19.9 Å². The number of hydrogen-bond acceptors (Lipinski definition) is 6. The summed E-state index contributed by atoms with van der Waals surface area (Å²) in [5.74, 6) is 1.37. The van der Waals surface area contributed by atoms with Crippen LogP contribution in [0.25, 0.3) is 11.3 Å². The minimum atomic E-state index is -0.373. The molecule has 1 aromatic carbocycles. The Kier molecular flexibility index (Phi) is 7.24. The fraction of sp³-hybridized carbons (Fsp3) is 0.458. The number of anilines is 1. The zero-order valence-electron chi connectivity index (χ0n) is 19.5. The van der Waals surface area contributed by atoms with E-state index in [1.807, 2.05) is 25.1 Å². The molecule has 1 aromatic heterocycles. The molecule has 10 heteroatoms. The van der Waals surface area contributed by atoms with Gasteiger partial charge >= 0.3 is 6.03 Å². The first-order valence-electron chi connectivity index (χ1n) is 11.5. The van der Waals surface area contributed by atoms with E-state index in [9.17, 15) is 14.4 Å². The Bertz CT molecular complexity index is 1080. The van der Waals surface area contributed by atoms with Crippen LogP contribution in [0.1, 0.15) is 31.7 Å². The van der Waals surface area contributed by atoms with E-state index in [2.05, 4.69) is 25.9 Å². The maximum absolute atomic E-state index is 12.5. The first-order chi connectivity index (χ1) is 16.4. The monoisotopic (exact) mass is 466 g/mol. The Morgan fingerprint density at radius 1 is 1.29 bits per heavy atom. The molecule has 2 aromatic rings. The molecule has 4 amide bonds. The van der Waals surface area contributed by atoms with Gasteiger partial charge in [-0.25, -0.2) is 9.78 Å². The number of ether oxygens (including phenoxy) is 1. The average molecular weight is 467 g/mol. The number of amides is 4. The van der Waals surface area contributed by atoms with Crippen LogP contribution in [0.3, 0.4) is 0 Å². The topological polar surface area (TPSA) is 126 Å². The van der Waals surface area contributed by atoms with Gasteiger partial charge in [0.1, 0.15) is 5.75 Å². The number of rotatable bonds is 6. The maximum Gasteiger partial charge on any atom is 0.320 e. The standard InChI is InChI=1S/C24H30N6O4/c1-15-8-18(5-6-21(15)34-14-17-9-23(32)26-10-17)20-11-25-12-22(28-20)29-24(33)27-19-4-3-7-30(13-19)16(2)31/h5-6,8,11-12,17,19H,3-4,7,9-10,13-14H2,1-2H3,(H,26,32)(H2,27,28,29,33)/t17?,19-/m0/s1. The van der Waals surface area contributed by atoms with E-state index >= 15 is 0 Å². The van der Waals surface area contributed by atoms with E-state index in [-0.39, 0.29) is 29.8 Å². The lowest BCUT2D eigenvalue weighted by Crippen LogP contribution is -2.50. The molecule has 3 N–H and O–H groups in total. The molecule has 180 valence electrons. The average Bonchev–Trinajstić information content (AvgIpc) is 3.23. The molecule has 3 heterocycles. The van der Waals surface area contributed by atoms with Crippen molar-refractivity contribution in [2.45, 2.75) is 39.2 Å². The fourth-order valence-electron chi connectivity index (χ4n) is 4.24. The highest BCUT2D eigenvalue weighted by Gasteiger charge is 2.23. The molecule has 1 unspecified atom stereocenters. The van der Waals surface area contributed by atoms with Crippen LogP contribution in [0, 0.1) is 12.8 Å². The Hall–Kier alpha value is -3.69. The largest absolute Gasteiger partial charge is 0.493 e. The van der Waals surface area contributed by atoms with E-state index in [1.54, 1.807) is 18.0 Å². The van der Waals surface area contributed by atoms with Gasteiger partial charge in [0.25, 0.3) is 0 Å². The molecule has 34 heavy (non-hydrogen) atoms. The second-order valence-corrected chi connectivity index (χ2v) is 8.86. The molecule has 2 saturated heterocycles. The number of likely N-dealkylation sites (tertiary alicyclic amines) is 1. The quantitative estimate of drug-likeness (QED) is 0.599. The first kappa shape index (κ1) is 23.5. The molecule has 2 aliphatic heterocycles. The molecular weight excluding hydrogens is 436 g/mol. The summed E-state index contributed by atoms with van der Waals surface area (Å²) in [5, 5.41) is 8.47. The molecule has 0 radical (unpaired) electrons. The van der Waals surface area contributed by atoms with Gasteiger partial charge in [-0.05, 0) is 43.5 Å². The van der Waals surface area contributed by atoms with Gasteiger partial charge in [-0.15, -0.1) is 0 Å².